The molecular weight excluding hydrogens is 388 g/mol. The van der Waals surface area contributed by atoms with Crippen molar-refractivity contribution in [3.05, 3.63) is 105 Å². The maximum Gasteiger partial charge on any atom is 0.269 e. The summed E-state index contributed by atoms with van der Waals surface area (Å²) in [5.41, 5.74) is 6.72. The zero-order valence-electron chi connectivity index (χ0n) is 15.3. The molecule has 0 aliphatic heterocycles. The Bertz CT molecular complexity index is 1200. The fraction of sp³-hybridized carbons (Fsp3) is 0.0455. The highest BCUT2D eigenvalue weighted by molar-refractivity contribution is 6.31. The van der Waals surface area contributed by atoms with Gasteiger partial charge < -0.3 is 4.57 Å². The van der Waals surface area contributed by atoms with Gasteiger partial charge in [0.05, 0.1) is 16.8 Å². The second-order valence-corrected chi connectivity index (χ2v) is 6.90. The summed E-state index contributed by atoms with van der Waals surface area (Å²) in [5, 5.41) is 16.8. The van der Waals surface area contributed by atoms with Crippen molar-refractivity contribution < 1.29 is 4.92 Å². The lowest BCUT2D eigenvalue weighted by Gasteiger charge is -2.07. The third kappa shape index (κ3) is 4.12. The molecule has 1 aromatic heterocycles. The number of para-hydroxylation sites is 1. The molecule has 7 heteroatoms. The van der Waals surface area contributed by atoms with E-state index in [0.29, 0.717) is 12.2 Å². The average molecular weight is 405 g/mol. The predicted molar refractivity (Wildman–Crippen MR) is 117 cm³/mol. The minimum absolute atomic E-state index is 0.0437. The van der Waals surface area contributed by atoms with Crippen LogP contribution in [0.1, 0.15) is 11.1 Å². The molecule has 0 spiro atoms. The Morgan fingerprint density at radius 2 is 1.76 bits per heavy atom. The molecular formula is C22H17ClN4O2. The predicted octanol–water partition coefficient (Wildman–Crippen LogP) is 5.70. The topological polar surface area (TPSA) is 72.5 Å². The van der Waals surface area contributed by atoms with Crippen molar-refractivity contribution in [2.75, 3.05) is 5.43 Å². The number of anilines is 1. The molecule has 6 nitrogen and oxygen atoms in total. The lowest BCUT2D eigenvalue weighted by Crippen LogP contribution is -1.98. The number of halogens is 1. The fourth-order valence-electron chi connectivity index (χ4n) is 3.15. The first-order valence-electron chi connectivity index (χ1n) is 8.96. The Hall–Kier alpha value is -3.64. The molecule has 0 bridgehead atoms. The van der Waals surface area contributed by atoms with E-state index in [0.717, 1.165) is 27.1 Å². The molecule has 0 saturated carbocycles. The van der Waals surface area contributed by atoms with Crippen LogP contribution in [-0.2, 0) is 6.54 Å². The molecule has 0 aliphatic rings. The van der Waals surface area contributed by atoms with Crippen molar-refractivity contribution in [1.29, 1.82) is 0 Å². The van der Waals surface area contributed by atoms with E-state index in [1.165, 1.54) is 12.1 Å². The summed E-state index contributed by atoms with van der Waals surface area (Å²) in [4.78, 5) is 10.3. The Balaban J connectivity index is 1.58. The first-order chi connectivity index (χ1) is 14.1. The first-order valence-corrected chi connectivity index (χ1v) is 9.34. The van der Waals surface area contributed by atoms with Gasteiger partial charge in [0, 0.05) is 46.4 Å². The van der Waals surface area contributed by atoms with Crippen molar-refractivity contribution in [2.45, 2.75) is 6.54 Å². The molecule has 144 valence electrons. The molecule has 4 aromatic rings. The van der Waals surface area contributed by atoms with Crippen LogP contribution in [0.25, 0.3) is 10.9 Å². The summed E-state index contributed by atoms with van der Waals surface area (Å²) in [6.07, 6.45) is 3.78. The number of non-ortho nitro benzene ring substituents is 1. The van der Waals surface area contributed by atoms with Gasteiger partial charge in [-0.15, -0.1) is 0 Å². The first kappa shape index (κ1) is 18.7. The van der Waals surface area contributed by atoms with Gasteiger partial charge in [0.2, 0.25) is 0 Å². The number of nitro groups is 1. The van der Waals surface area contributed by atoms with Gasteiger partial charge in [0.1, 0.15) is 0 Å². The Morgan fingerprint density at radius 3 is 2.52 bits per heavy atom. The van der Waals surface area contributed by atoms with Gasteiger partial charge in [-0.3, -0.25) is 15.5 Å². The van der Waals surface area contributed by atoms with Crippen LogP contribution in [0.2, 0.25) is 5.02 Å². The summed E-state index contributed by atoms with van der Waals surface area (Å²) < 4.78 is 2.14. The SMILES string of the molecule is O=[N+]([O-])c1ccc(NN=Cc2cn(Cc3ccccc3Cl)c3ccccc23)cc1. The van der Waals surface area contributed by atoms with E-state index in [2.05, 4.69) is 21.2 Å². The average Bonchev–Trinajstić information content (AvgIpc) is 3.08. The zero-order valence-corrected chi connectivity index (χ0v) is 16.1. The van der Waals surface area contributed by atoms with Crippen molar-refractivity contribution in [2.24, 2.45) is 5.10 Å². The number of hydrazone groups is 1. The largest absolute Gasteiger partial charge is 0.342 e. The Kier molecular flexibility index (Phi) is 5.27. The highest BCUT2D eigenvalue weighted by atomic mass is 35.5. The van der Waals surface area contributed by atoms with E-state index in [1.807, 2.05) is 48.7 Å². The number of rotatable bonds is 6. The lowest BCUT2D eigenvalue weighted by molar-refractivity contribution is -0.384. The van der Waals surface area contributed by atoms with Gasteiger partial charge >= 0.3 is 0 Å². The molecule has 0 atom stereocenters. The van der Waals surface area contributed by atoms with Gasteiger partial charge in [-0.2, -0.15) is 5.10 Å². The van der Waals surface area contributed by atoms with Crippen molar-refractivity contribution >= 4 is 40.1 Å². The third-order valence-corrected chi connectivity index (χ3v) is 4.96. The summed E-state index contributed by atoms with van der Waals surface area (Å²) in [6.45, 7) is 0.657. The molecule has 3 aromatic carbocycles. The smallest absolute Gasteiger partial charge is 0.269 e. The fourth-order valence-corrected chi connectivity index (χ4v) is 3.35. The number of hydrogen-bond donors (Lipinski definition) is 1. The molecule has 0 amide bonds. The highest BCUT2D eigenvalue weighted by Crippen LogP contribution is 2.24. The second kappa shape index (κ2) is 8.16. The van der Waals surface area contributed by atoms with Gasteiger partial charge in [-0.25, -0.2) is 0 Å². The van der Waals surface area contributed by atoms with Crippen LogP contribution in [0, 0.1) is 10.1 Å². The van der Waals surface area contributed by atoms with E-state index in [9.17, 15) is 10.1 Å². The van der Waals surface area contributed by atoms with E-state index in [-0.39, 0.29) is 5.69 Å². The van der Waals surface area contributed by atoms with Crippen LogP contribution in [0.4, 0.5) is 11.4 Å². The molecule has 1 heterocycles. The van der Waals surface area contributed by atoms with Gasteiger partial charge in [-0.1, -0.05) is 48.0 Å². The van der Waals surface area contributed by atoms with Crippen molar-refractivity contribution in [3.63, 3.8) is 0 Å². The van der Waals surface area contributed by atoms with Gasteiger partial charge in [0.25, 0.3) is 5.69 Å². The molecule has 29 heavy (non-hydrogen) atoms. The number of benzene rings is 3. The Morgan fingerprint density at radius 1 is 1.03 bits per heavy atom. The zero-order chi connectivity index (χ0) is 20.2. The number of nitro benzene ring substituents is 1. The van der Waals surface area contributed by atoms with Crippen LogP contribution in [0.3, 0.4) is 0 Å². The number of aromatic nitrogens is 1. The van der Waals surface area contributed by atoms with E-state index < -0.39 is 4.92 Å². The molecule has 0 saturated heterocycles. The molecule has 0 fully saturated rings. The molecule has 0 unspecified atom stereocenters. The van der Waals surface area contributed by atoms with Gasteiger partial charge in [0.15, 0.2) is 0 Å². The third-order valence-electron chi connectivity index (χ3n) is 4.59. The van der Waals surface area contributed by atoms with Gasteiger partial charge in [-0.05, 0) is 29.8 Å². The minimum Gasteiger partial charge on any atom is -0.342 e. The maximum atomic E-state index is 10.7. The molecule has 0 aliphatic carbocycles. The maximum absolute atomic E-state index is 10.7. The molecule has 0 radical (unpaired) electrons. The summed E-state index contributed by atoms with van der Waals surface area (Å²) in [5.74, 6) is 0. The summed E-state index contributed by atoms with van der Waals surface area (Å²) in [7, 11) is 0. The van der Waals surface area contributed by atoms with Crippen LogP contribution in [-0.4, -0.2) is 15.7 Å². The summed E-state index contributed by atoms with van der Waals surface area (Å²) in [6, 6.07) is 22.0. The van der Waals surface area contributed by atoms with E-state index in [4.69, 9.17) is 11.6 Å². The van der Waals surface area contributed by atoms with Crippen molar-refractivity contribution in [3.8, 4) is 0 Å². The minimum atomic E-state index is -0.430. The number of nitrogens with zero attached hydrogens (tertiary/aromatic N) is 3. The van der Waals surface area contributed by atoms with Crippen LogP contribution in [0.15, 0.2) is 84.1 Å². The lowest BCUT2D eigenvalue weighted by atomic mass is 10.2. The number of fused-ring (bicyclic) bond motifs is 1. The van der Waals surface area contributed by atoms with Crippen LogP contribution >= 0.6 is 11.6 Å². The number of nitrogens with one attached hydrogen (secondary N) is 1. The van der Waals surface area contributed by atoms with Crippen molar-refractivity contribution in [1.82, 2.24) is 4.57 Å². The Labute approximate surface area is 172 Å². The monoisotopic (exact) mass is 404 g/mol. The number of hydrogen-bond acceptors (Lipinski definition) is 4. The normalized spacial score (nSPS) is 11.2. The highest BCUT2D eigenvalue weighted by Gasteiger charge is 2.09. The van der Waals surface area contributed by atoms with Crippen LogP contribution in [0.5, 0.6) is 0 Å². The second-order valence-electron chi connectivity index (χ2n) is 6.49. The van der Waals surface area contributed by atoms with E-state index in [1.54, 1.807) is 18.3 Å². The van der Waals surface area contributed by atoms with Crippen LogP contribution < -0.4 is 5.43 Å². The summed E-state index contributed by atoms with van der Waals surface area (Å²) >= 11 is 6.32. The standard InChI is InChI=1S/C22H17ClN4O2/c23-21-7-3-1-5-16(21)14-26-15-17(20-6-2-4-8-22(20)26)13-24-25-18-9-11-19(12-10-18)27(28)29/h1-13,15,25H,14H2. The van der Waals surface area contributed by atoms with E-state index >= 15 is 0 Å². The molecule has 1 N–H and O–H groups in total. The quantitative estimate of drug-likeness (QED) is 0.254. The molecule has 4 rings (SSSR count).